The first-order valence-electron chi connectivity index (χ1n) is 9.54. The molecule has 2 amide bonds. The van der Waals surface area contributed by atoms with E-state index in [1.807, 2.05) is 24.3 Å². The minimum Gasteiger partial charge on any atom is -0.464 e. The van der Waals surface area contributed by atoms with Gasteiger partial charge in [0.2, 0.25) is 0 Å². The van der Waals surface area contributed by atoms with E-state index < -0.39 is 5.97 Å². The SMILES string of the molecule is CCOC(=O)CONC1=CCc2ccc(C3CCCC4=C3C(=O)NC4=O)cc21. The summed E-state index contributed by atoms with van der Waals surface area (Å²) < 4.78 is 4.84. The van der Waals surface area contributed by atoms with E-state index in [1.165, 1.54) is 0 Å². The molecule has 1 aliphatic heterocycles. The predicted molar refractivity (Wildman–Crippen MR) is 101 cm³/mol. The molecule has 1 unspecified atom stereocenters. The van der Waals surface area contributed by atoms with Crippen LogP contribution in [0.1, 0.15) is 48.8 Å². The standard InChI is InChI=1S/C21H22N2O5/c1-2-27-18(24)11-28-23-17-9-8-12-6-7-13(10-16(12)17)14-4-3-5-15-19(14)21(26)22-20(15)25/h6-7,9-10,14,23H,2-5,8,11H2,1H3,(H,22,25,26). The highest BCUT2D eigenvalue weighted by Crippen LogP contribution is 2.41. The summed E-state index contributed by atoms with van der Waals surface area (Å²) in [5.74, 6) is -1.03. The molecule has 0 aromatic heterocycles. The Balaban J connectivity index is 1.53. The van der Waals surface area contributed by atoms with Crippen molar-refractivity contribution in [2.24, 2.45) is 0 Å². The van der Waals surface area contributed by atoms with Crippen LogP contribution in [-0.2, 0) is 30.4 Å². The summed E-state index contributed by atoms with van der Waals surface area (Å²) in [5, 5.41) is 2.43. The Morgan fingerprint density at radius 1 is 1.29 bits per heavy atom. The van der Waals surface area contributed by atoms with Gasteiger partial charge in [-0.05, 0) is 49.8 Å². The van der Waals surface area contributed by atoms with E-state index in [1.54, 1.807) is 6.92 Å². The van der Waals surface area contributed by atoms with Crippen molar-refractivity contribution in [2.45, 2.75) is 38.5 Å². The Bertz CT molecular complexity index is 915. The van der Waals surface area contributed by atoms with E-state index in [4.69, 9.17) is 9.57 Å². The van der Waals surface area contributed by atoms with Crippen molar-refractivity contribution in [3.63, 3.8) is 0 Å². The van der Waals surface area contributed by atoms with Crippen LogP contribution in [0, 0.1) is 0 Å². The molecule has 0 fully saturated rings. The number of rotatable bonds is 6. The minimum atomic E-state index is -0.429. The van der Waals surface area contributed by atoms with E-state index in [0.29, 0.717) is 24.2 Å². The van der Waals surface area contributed by atoms with Crippen molar-refractivity contribution in [3.8, 4) is 0 Å². The lowest BCUT2D eigenvalue weighted by atomic mass is 9.79. The second-order valence-corrected chi connectivity index (χ2v) is 7.05. The predicted octanol–water partition coefficient (Wildman–Crippen LogP) is 1.89. The van der Waals surface area contributed by atoms with Gasteiger partial charge in [0, 0.05) is 22.6 Å². The van der Waals surface area contributed by atoms with E-state index in [-0.39, 0.29) is 24.3 Å². The number of hydrogen-bond donors (Lipinski definition) is 2. The molecule has 1 heterocycles. The third kappa shape index (κ3) is 3.33. The highest BCUT2D eigenvalue weighted by atomic mass is 16.7. The fraction of sp³-hybridized carbons (Fsp3) is 0.381. The first-order valence-corrected chi connectivity index (χ1v) is 9.54. The van der Waals surface area contributed by atoms with Crippen LogP contribution in [0.3, 0.4) is 0 Å². The molecule has 0 radical (unpaired) electrons. The van der Waals surface area contributed by atoms with Gasteiger partial charge < -0.3 is 4.74 Å². The van der Waals surface area contributed by atoms with Crippen molar-refractivity contribution >= 4 is 23.5 Å². The van der Waals surface area contributed by atoms with Crippen molar-refractivity contribution in [1.82, 2.24) is 10.8 Å². The van der Waals surface area contributed by atoms with Gasteiger partial charge in [-0.1, -0.05) is 18.2 Å². The number of esters is 1. The van der Waals surface area contributed by atoms with Gasteiger partial charge in [-0.25, -0.2) is 4.79 Å². The van der Waals surface area contributed by atoms with Crippen LogP contribution in [0.25, 0.3) is 5.70 Å². The molecule has 7 heteroatoms. The summed E-state index contributed by atoms with van der Waals surface area (Å²) in [6.07, 6.45) is 5.13. The zero-order chi connectivity index (χ0) is 19.7. The van der Waals surface area contributed by atoms with Gasteiger partial charge in [0.1, 0.15) is 0 Å². The van der Waals surface area contributed by atoms with Crippen LogP contribution in [0.4, 0.5) is 0 Å². The smallest absolute Gasteiger partial charge is 0.334 e. The fourth-order valence-electron chi connectivity index (χ4n) is 4.12. The molecule has 1 aromatic carbocycles. The first kappa shape index (κ1) is 18.4. The Hall–Kier alpha value is -2.93. The molecule has 28 heavy (non-hydrogen) atoms. The number of hydroxylamine groups is 1. The monoisotopic (exact) mass is 382 g/mol. The Labute approximate surface area is 162 Å². The van der Waals surface area contributed by atoms with E-state index in [0.717, 1.165) is 41.6 Å². The Morgan fingerprint density at radius 3 is 2.96 bits per heavy atom. The lowest BCUT2D eigenvalue weighted by Gasteiger charge is -2.23. The van der Waals surface area contributed by atoms with Crippen LogP contribution < -0.4 is 10.8 Å². The molecule has 1 atom stereocenters. The highest BCUT2D eigenvalue weighted by Gasteiger charge is 2.38. The lowest BCUT2D eigenvalue weighted by Crippen LogP contribution is -2.24. The number of carbonyl (C=O) groups is 3. The van der Waals surface area contributed by atoms with Gasteiger partial charge in [0.15, 0.2) is 6.61 Å². The zero-order valence-corrected chi connectivity index (χ0v) is 15.7. The molecule has 4 rings (SSSR count). The number of imide groups is 1. The van der Waals surface area contributed by atoms with Crippen molar-refractivity contribution in [2.75, 3.05) is 13.2 Å². The topological polar surface area (TPSA) is 93.7 Å². The maximum atomic E-state index is 12.3. The molecule has 0 saturated carbocycles. The highest BCUT2D eigenvalue weighted by molar-refractivity contribution is 6.20. The fourth-order valence-corrected chi connectivity index (χ4v) is 4.12. The number of fused-ring (bicyclic) bond motifs is 1. The van der Waals surface area contributed by atoms with Gasteiger partial charge in [-0.2, -0.15) is 0 Å². The summed E-state index contributed by atoms with van der Waals surface area (Å²) in [7, 11) is 0. The summed E-state index contributed by atoms with van der Waals surface area (Å²) in [4.78, 5) is 40.9. The number of allylic oxidation sites excluding steroid dienone is 1. The number of hydrogen-bond acceptors (Lipinski definition) is 6. The van der Waals surface area contributed by atoms with Gasteiger partial charge in [-0.15, -0.1) is 0 Å². The largest absolute Gasteiger partial charge is 0.464 e. The average molecular weight is 382 g/mol. The maximum absolute atomic E-state index is 12.3. The second-order valence-electron chi connectivity index (χ2n) is 7.05. The van der Waals surface area contributed by atoms with Crippen LogP contribution in [-0.4, -0.2) is 31.0 Å². The Morgan fingerprint density at radius 2 is 2.14 bits per heavy atom. The van der Waals surface area contributed by atoms with E-state index in [9.17, 15) is 14.4 Å². The summed E-state index contributed by atoms with van der Waals surface area (Å²) >= 11 is 0. The molecule has 7 nitrogen and oxygen atoms in total. The summed E-state index contributed by atoms with van der Waals surface area (Å²) in [6, 6.07) is 6.13. The van der Waals surface area contributed by atoms with Crippen LogP contribution >= 0.6 is 0 Å². The third-order valence-electron chi connectivity index (χ3n) is 5.37. The van der Waals surface area contributed by atoms with Crippen molar-refractivity contribution < 1.29 is 24.0 Å². The minimum absolute atomic E-state index is 0.0807. The van der Waals surface area contributed by atoms with Gasteiger partial charge in [-0.3, -0.25) is 25.2 Å². The van der Waals surface area contributed by atoms with Crippen molar-refractivity contribution in [3.05, 3.63) is 52.1 Å². The maximum Gasteiger partial charge on any atom is 0.334 e. The summed E-state index contributed by atoms with van der Waals surface area (Å²) in [5.41, 5.74) is 8.01. The quantitative estimate of drug-likeness (QED) is 0.443. The van der Waals surface area contributed by atoms with Gasteiger partial charge in [0.05, 0.1) is 12.3 Å². The molecule has 146 valence electrons. The molecule has 0 spiro atoms. The molecule has 2 aliphatic carbocycles. The van der Waals surface area contributed by atoms with Gasteiger partial charge >= 0.3 is 5.97 Å². The van der Waals surface area contributed by atoms with E-state index in [2.05, 4.69) is 10.8 Å². The zero-order valence-electron chi connectivity index (χ0n) is 15.7. The molecular formula is C21H22N2O5. The lowest BCUT2D eigenvalue weighted by molar-refractivity contribution is -0.150. The molecular weight excluding hydrogens is 360 g/mol. The molecule has 2 N–H and O–H groups in total. The van der Waals surface area contributed by atoms with Crippen LogP contribution in [0.2, 0.25) is 0 Å². The molecule has 3 aliphatic rings. The van der Waals surface area contributed by atoms with Crippen LogP contribution in [0.15, 0.2) is 35.4 Å². The van der Waals surface area contributed by atoms with E-state index >= 15 is 0 Å². The molecule has 1 aromatic rings. The number of carbonyl (C=O) groups excluding carboxylic acids is 3. The summed E-state index contributed by atoms with van der Waals surface area (Å²) in [6.45, 7) is 1.88. The molecule has 0 saturated heterocycles. The van der Waals surface area contributed by atoms with Crippen LogP contribution in [0.5, 0.6) is 0 Å². The Kier molecular flexibility index (Phi) is 5.00. The number of benzene rings is 1. The molecule has 0 bridgehead atoms. The number of amides is 2. The normalized spacial score (nSPS) is 20.5. The number of nitrogens with one attached hydrogen (secondary N) is 2. The van der Waals surface area contributed by atoms with Gasteiger partial charge in [0.25, 0.3) is 11.8 Å². The first-order chi connectivity index (χ1) is 13.6. The van der Waals surface area contributed by atoms with Crippen molar-refractivity contribution in [1.29, 1.82) is 0 Å². The number of ether oxygens (including phenoxy) is 1. The average Bonchev–Trinajstić information content (AvgIpc) is 3.22. The second kappa shape index (κ2) is 7.59. The third-order valence-corrected chi connectivity index (χ3v) is 5.37.